The zero-order valence-electron chi connectivity index (χ0n) is 7.83. The molecule has 0 atom stereocenters. The Morgan fingerprint density at radius 2 is 2.29 bits per heavy atom. The molecule has 1 aromatic carbocycles. The first-order valence-electron chi connectivity index (χ1n) is 4.27. The molecule has 0 spiro atoms. The molecule has 71 valence electrons. The predicted molar refractivity (Wildman–Crippen MR) is 54.1 cm³/mol. The minimum atomic E-state index is -0.144. The van der Waals surface area contributed by atoms with E-state index >= 15 is 0 Å². The van der Waals surface area contributed by atoms with E-state index in [9.17, 15) is 4.79 Å². The van der Waals surface area contributed by atoms with Crippen molar-refractivity contribution in [3.8, 4) is 0 Å². The minimum absolute atomic E-state index is 0.144. The van der Waals surface area contributed by atoms with Crippen molar-refractivity contribution in [2.45, 2.75) is 0 Å². The highest BCUT2D eigenvalue weighted by molar-refractivity contribution is 6.05. The normalized spacial score (nSPS) is 10.4. The van der Waals surface area contributed by atoms with Gasteiger partial charge in [-0.15, -0.1) is 0 Å². The summed E-state index contributed by atoms with van der Waals surface area (Å²) in [5.74, 6) is -0.144. The van der Waals surface area contributed by atoms with Crippen molar-refractivity contribution in [2.24, 2.45) is 0 Å². The van der Waals surface area contributed by atoms with Gasteiger partial charge in [0.2, 0.25) is 0 Å². The second-order valence-corrected chi connectivity index (χ2v) is 3.06. The van der Waals surface area contributed by atoms with Gasteiger partial charge in [0.05, 0.1) is 5.56 Å². The molecule has 0 saturated heterocycles. The number of furan rings is 1. The van der Waals surface area contributed by atoms with Crippen LogP contribution < -0.4 is 5.32 Å². The predicted octanol–water partition coefficient (Wildman–Crippen LogP) is 1.97. The monoisotopic (exact) mass is 188 g/mol. The van der Waals surface area contributed by atoms with Crippen molar-refractivity contribution in [3.05, 3.63) is 42.5 Å². The highest BCUT2D eigenvalue weighted by atomic mass is 16.3. The van der Waals surface area contributed by atoms with Gasteiger partial charge in [-0.25, -0.2) is 0 Å². The Labute approximate surface area is 81.7 Å². The van der Waals surface area contributed by atoms with Crippen LogP contribution in [0.3, 0.4) is 0 Å². The van der Waals surface area contributed by atoms with Crippen LogP contribution in [0.1, 0.15) is 15.9 Å². The lowest BCUT2D eigenvalue weighted by molar-refractivity contribution is 0.0964. The summed E-state index contributed by atoms with van der Waals surface area (Å²) in [6, 6.07) is 5.49. The fourth-order valence-electron chi connectivity index (χ4n) is 1.39. The van der Waals surface area contributed by atoms with E-state index in [0.29, 0.717) is 11.1 Å². The zero-order valence-corrected chi connectivity index (χ0v) is 7.83. The highest BCUT2D eigenvalue weighted by Crippen LogP contribution is 2.21. The number of hydrogen-bond donors (Lipinski definition) is 1. The average molecular weight is 188 g/mol. The second kappa shape index (κ2) is 3.18. The number of benzene rings is 1. The van der Waals surface area contributed by atoms with Gasteiger partial charge in [-0.1, -0.05) is 6.07 Å². The van der Waals surface area contributed by atoms with E-state index in [-0.39, 0.29) is 5.91 Å². The number of carbonyl (C=O) groups excluding carboxylic acids is 1. The zero-order chi connectivity index (χ0) is 10.1. The fourth-order valence-corrected chi connectivity index (χ4v) is 1.39. The largest absolute Gasteiger partial charge is 0.463 e. The second-order valence-electron chi connectivity index (χ2n) is 3.06. The molecule has 0 saturated carbocycles. The lowest BCUT2D eigenvalue weighted by Gasteiger charge is -1.96. The van der Waals surface area contributed by atoms with Gasteiger partial charge in [0.15, 0.2) is 0 Å². The third-order valence-corrected chi connectivity index (χ3v) is 2.11. The standard InChI is InChI=1S/C11H10NO2/c1-7-3-4-10-8(5-7)9(6-14-10)11(13)12-2/h3-6H,1H2,2H3,(H,12,13). The molecule has 0 fully saturated rings. The number of nitrogens with one attached hydrogen (secondary N) is 1. The van der Waals surface area contributed by atoms with Crippen molar-refractivity contribution < 1.29 is 9.21 Å². The Hall–Kier alpha value is -1.77. The van der Waals surface area contributed by atoms with Crippen LogP contribution in [0.5, 0.6) is 0 Å². The summed E-state index contributed by atoms with van der Waals surface area (Å²) in [6.45, 7) is 3.80. The molecule has 0 aliphatic rings. The minimum Gasteiger partial charge on any atom is -0.463 e. The lowest BCUT2D eigenvalue weighted by Crippen LogP contribution is -2.17. The summed E-state index contributed by atoms with van der Waals surface area (Å²) < 4.78 is 5.24. The first kappa shape index (κ1) is 8.81. The van der Waals surface area contributed by atoms with E-state index in [1.165, 1.54) is 6.26 Å². The van der Waals surface area contributed by atoms with Gasteiger partial charge in [0, 0.05) is 12.4 Å². The van der Waals surface area contributed by atoms with Crippen molar-refractivity contribution in [2.75, 3.05) is 7.05 Å². The van der Waals surface area contributed by atoms with Crippen LogP contribution in [0.4, 0.5) is 0 Å². The quantitative estimate of drug-likeness (QED) is 0.743. The number of fused-ring (bicyclic) bond motifs is 1. The Morgan fingerprint density at radius 1 is 1.50 bits per heavy atom. The molecule has 0 bridgehead atoms. The van der Waals surface area contributed by atoms with Gasteiger partial charge in [-0.3, -0.25) is 4.79 Å². The molecular weight excluding hydrogens is 178 g/mol. The molecule has 1 radical (unpaired) electrons. The van der Waals surface area contributed by atoms with Crippen molar-refractivity contribution in [1.82, 2.24) is 5.32 Å². The first-order chi connectivity index (χ1) is 6.72. The molecule has 0 unspecified atom stereocenters. The summed E-state index contributed by atoms with van der Waals surface area (Å²) in [6.07, 6.45) is 1.46. The van der Waals surface area contributed by atoms with Gasteiger partial charge < -0.3 is 9.73 Å². The van der Waals surface area contributed by atoms with E-state index in [2.05, 4.69) is 12.2 Å². The molecule has 2 rings (SSSR count). The van der Waals surface area contributed by atoms with Gasteiger partial charge in [-0.2, -0.15) is 0 Å². The van der Waals surface area contributed by atoms with Crippen LogP contribution >= 0.6 is 0 Å². The summed E-state index contributed by atoms with van der Waals surface area (Å²) in [5, 5.41) is 3.36. The first-order valence-corrected chi connectivity index (χ1v) is 4.27. The highest BCUT2D eigenvalue weighted by Gasteiger charge is 2.11. The fraction of sp³-hybridized carbons (Fsp3) is 0.0909. The number of carbonyl (C=O) groups is 1. The molecular formula is C11H10NO2. The maximum atomic E-state index is 11.4. The Bertz CT molecular complexity index is 485. The molecule has 3 heteroatoms. The summed E-state index contributed by atoms with van der Waals surface area (Å²) in [5.41, 5.74) is 2.12. The summed E-state index contributed by atoms with van der Waals surface area (Å²) in [7, 11) is 1.59. The molecule has 0 aliphatic heterocycles. The molecule has 3 nitrogen and oxygen atoms in total. The van der Waals surface area contributed by atoms with Gasteiger partial charge in [0.25, 0.3) is 5.91 Å². The third-order valence-electron chi connectivity index (χ3n) is 2.11. The number of hydrogen-bond acceptors (Lipinski definition) is 2. The van der Waals surface area contributed by atoms with Gasteiger partial charge >= 0.3 is 0 Å². The summed E-state index contributed by atoms with van der Waals surface area (Å²) >= 11 is 0. The van der Waals surface area contributed by atoms with Crippen molar-refractivity contribution >= 4 is 16.9 Å². The molecule has 2 aromatic rings. The van der Waals surface area contributed by atoms with Crippen molar-refractivity contribution in [1.29, 1.82) is 0 Å². The molecule has 14 heavy (non-hydrogen) atoms. The van der Waals surface area contributed by atoms with E-state index in [0.717, 1.165) is 10.9 Å². The van der Waals surface area contributed by atoms with E-state index in [1.54, 1.807) is 7.05 Å². The van der Waals surface area contributed by atoms with Crippen LogP contribution in [0.2, 0.25) is 0 Å². The van der Waals surface area contributed by atoms with Crippen molar-refractivity contribution in [3.63, 3.8) is 0 Å². The number of amides is 1. The van der Waals surface area contributed by atoms with Gasteiger partial charge in [0.1, 0.15) is 11.8 Å². The Balaban J connectivity index is 2.67. The molecule has 1 heterocycles. The van der Waals surface area contributed by atoms with E-state index < -0.39 is 0 Å². The smallest absolute Gasteiger partial charge is 0.254 e. The van der Waals surface area contributed by atoms with E-state index in [1.807, 2.05) is 18.2 Å². The average Bonchev–Trinajstić information content (AvgIpc) is 2.59. The van der Waals surface area contributed by atoms with Crippen LogP contribution in [0.25, 0.3) is 11.0 Å². The molecule has 1 amide bonds. The maximum Gasteiger partial charge on any atom is 0.254 e. The maximum absolute atomic E-state index is 11.4. The Morgan fingerprint density at radius 3 is 3.00 bits per heavy atom. The van der Waals surface area contributed by atoms with Gasteiger partial charge in [-0.05, 0) is 24.6 Å². The Kier molecular flexibility index (Phi) is 2.00. The third kappa shape index (κ3) is 1.27. The SMILES string of the molecule is [CH2]c1ccc2occ(C(=O)NC)c2c1. The molecule has 1 aromatic heterocycles. The van der Waals surface area contributed by atoms with Crippen LogP contribution in [-0.2, 0) is 0 Å². The van der Waals surface area contributed by atoms with Crippen LogP contribution in [0.15, 0.2) is 28.9 Å². The van der Waals surface area contributed by atoms with E-state index in [4.69, 9.17) is 4.42 Å². The van der Waals surface area contributed by atoms with Crippen LogP contribution in [0, 0.1) is 6.92 Å². The lowest BCUT2D eigenvalue weighted by atomic mass is 10.1. The molecule has 0 aliphatic carbocycles. The number of rotatable bonds is 1. The van der Waals surface area contributed by atoms with Crippen LogP contribution in [-0.4, -0.2) is 13.0 Å². The summed E-state index contributed by atoms with van der Waals surface area (Å²) in [4.78, 5) is 11.4. The molecule has 1 N–H and O–H groups in total. The topological polar surface area (TPSA) is 42.2 Å².